The third kappa shape index (κ3) is 4.69. The Labute approximate surface area is 207 Å². The molecule has 3 amide bonds. The Kier molecular flexibility index (Phi) is 5.32. The summed E-state index contributed by atoms with van der Waals surface area (Å²) in [4.78, 5) is 28.3. The normalized spacial score (nSPS) is 20.9. The van der Waals surface area contributed by atoms with Crippen molar-refractivity contribution in [1.29, 1.82) is 0 Å². The number of amides is 3. The van der Waals surface area contributed by atoms with E-state index in [0.717, 1.165) is 23.3 Å². The van der Waals surface area contributed by atoms with Gasteiger partial charge in [0, 0.05) is 29.4 Å². The van der Waals surface area contributed by atoms with Crippen LogP contribution in [0.2, 0.25) is 0 Å². The molecule has 1 aromatic heterocycles. The molecule has 1 aliphatic carbocycles. The number of carbonyl (C=O) groups is 2. The number of urea groups is 1. The van der Waals surface area contributed by atoms with Gasteiger partial charge in [-0.05, 0) is 55.0 Å². The molecule has 0 spiro atoms. The zero-order valence-electron chi connectivity index (χ0n) is 19.0. The minimum Gasteiger partial charge on any atom is -0.487 e. The number of benzene rings is 2. The van der Waals surface area contributed by atoms with Crippen molar-refractivity contribution in [3.8, 4) is 23.0 Å². The van der Waals surface area contributed by atoms with Gasteiger partial charge in [-0.3, -0.25) is 4.79 Å². The van der Waals surface area contributed by atoms with Gasteiger partial charge < -0.3 is 30.2 Å². The summed E-state index contributed by atoms with van der Waals surface area (Å²) in [7, 11) is 0. The van der Waals surface area contributed by atoms with Crippen LogP contribution in [0, 0.1) is 0 Å². The van der Waals surface area contributed by atoms with E-state index in [0.29, 0.717) is 41.6 Å². The minimum atomic E-state index is -4.79. The van der Waals surface area contributed by atoms with Crippen LogP contribution in [0.1, 0.15) is 23.5 Å². The number of anilines is 2. The predicted molar refractivity (Wildman–Crippen MR) is 124 cm³/mol. The molecule has 3 aliphatic rings. The number of hydrogen-bond acceptors (Lipinski definition) is 6. The molecule has 3 heterocycles. The highest BCUT2D eigenvalue weighted by Crippen LogP contribution is 2.54. The molecular weight excluding hydrogens is 493 g/mol. The van der Waals surface area contributed by atoms with Crippen LogP contribution < -0.4 is 30.2 Å². The van der Waals surface area contributed by atoms with Crippen LogP contribution in [0.25, 0.3) is 0 Å². The second-order valence-corrected chi connectivity index (χ2v) is 8.79. The molecule has 3 aromatic rings. The van der Waals surface area contributed by atoms with Crippen molar-refractivity contribution in [1.82, 2.24) is 10.3 Å². The quantitative estimate of drug-likeness (QED) is 0.457. The number of carbonyl (C=O) groups excluding carboxylic acids is 2. The number of ether oxygens (including phenoxy) is 3. The molecule has 2 aromatic carbocycles. The van der Waals surface area contributed by atoms with Gasteiger partial charge in [-0.2, -0.15) is 0 Å². The van der Waals surface area contributed by atoms with Gasteiger partial charge in [0.05, 0.1) is 12.0 Å². The molecular formula is C25H19F3N4O5. The van der Waals surface area contributed by atoms with E-state index in [2.05, 4.69) is 25.7 Å². The summed E-state index contributed by atoms with van der Waals surface area (Å²) < 4.78 is 52.8. The van der Waals surface area contributed by atoms with E-state index in [1.165, 1.54) is 12.1 Å². The Morgan fingerprint density at radius 2 is 1.86 bits per heavy atom. The Morgan fingerprint density at radius 3 is 2.65 bits per heavy atom. The summed E-state index contributed by atoms with van der Waals surface area (Å²) in [6.07, 6.45) is -2.54. The molecule has 9 nitrogen and oxygen atoms in total. The van der Waals surface area contributed by atoms with Gasteiger partial charge >= 0.3 is 12.4 Å². The van der Waals surface area contributed by atoms with Gasteiger partial charge in [0.25, 0.3) is 0 Å². The van der Waals surface area contributed by atoms with Crippen LogP contribution in [-0.2, 0) is 11.2 Å². The zero-order valence-corrected chi connectivity index (χ0v) is 19.0. The summed E-state index contributed by atoms with van der Waals surface area (Å²) in [5, 5.41) is 8.17. The summed E-state index contributed by atoms with van der Waals surface area (Å²) in [5.74, 6) is 1.89. The maximum atomic E-state index is 12.4. The van der Waals surface area contributed by atoms with E-state index in [1.807, 2.05) is 12.1 Å². The van der Waals surface area contributed by atoms with Crippen molar-refractivity contribution >= 4 is 23.4 Å². The summed E-state index contributed by atoms with van der Waals surface area (Å²) >= 11 is 0. The maximum Gasteiger partial charge on any atom is 0.573 e. The first kappa shape index (κ1) is 23.0. The molecule has 3 N–H and O–H groups in total. The fraction of sp³-hybridized carbons (Fsp3) is 0.240. The predicted octanol–water partition coefficient (Wildman–Crippen LogP) is 4.71. The largest absolute Gasteiger partial charge is 0.573 e. The second-order valence-electron chi connectivity index (χ2n) is 8.79. The summed E-state index contributed by atoms with van der Waals surface area (Å²) in [5.41, 5.74) is 2.04. The molecule has 0 saturated heterocycles. The highest BCUT2D eigenvalue weighted by atomic mass is 19.4. The lowest BCUT2D eigenvalue weighted by molar-refractivity contribution is -0.274. The van der Waals surface area contributed by atoms with Crippen molar-refractivity contribution in [3.05, 3.63) is 65.9 Å². The number of nitrogens with zero attached hydrogens (tertiary/aromatic N) is 1. The van der Waals surface area contributed by atoms with Gasteiger partial charge in [0.2, 0.25) is 5.91 Å². The topological polar surface area (TPSA) is 111 Å². The fourth-order valence-electron chi connectivity index (χ4n) is 4.61. The summed E-state index contributed by atoms with van der Waals surface area (Å²) in [6, 6.07) is 11.3. The van der Waals surface area contributed by atoms with Gasteiger partial charge in [-0.15, -0.1) is 13.2 Å². The van der Waals surface area contributed by atoms with Gasteiger partial charge in [0.15, 0.2) is 0 Å². The number of fused-ring (bicyclic) bond motifs is 4. The molecule has 1 unspecified atom stereocenters. The highest BCUT2D eigenvalue weighted by Gasteiger charge is 2.59. The lowest BCUT2D eigenvalue weighted by Gasteiger charge is -2.19. The van der Waals surface area contributed by atoms with Gasteiger partial charge in [-0.25, -0.2) is 9.78 Å². The minimum absolute atomic E-state index is 0.0579. The van der Waals surface area contributed by atoms with Crippen molar-refractivity contribution in [2.75, 3.05) is 10.6 Å². The number of alkyl halides is 3. The Bertz CT molecular complexity index is 1400. The fourth-order valence-corrected chi connectivity index (χ4v) is 4.61. The molecule has 190 valence electrons. The van der Waals surface area contributed by atoms with Crippen LogP contribution in [0.15, 0.2) is 54.7 Å². The van der Waals surface area contributed by atoms with Crippen LogP contribution in [-0.4, -0.2) is 35.4 Å². The number of aromatic nitrogens is 1. The van der Waals surface area contributed by atoms with Gasteiger partial charge in [-0.1, -0.05) is 0 Å². The van der Waals surface area contributed by atoms with E-state index in [-0.39, 0.29) is 29.7 Å². The average Bonchev–Trinajstić information content (AvgIpc) is 3.35. The van der Waals surface area contributed by atoms with Crippen LogP contribution >= 0.6 is 0 Å². The Morgan fingerprint density at radius 1 is 1.08 bits per heavy atom. The molecule has 0 bridgehead atoms. The number of halogens is 3. The standard InChI is InChI=1S/C25H19F3N4O5/c26-25(27,28)37-13-3-1-12(2-4-13)30-24(34)32-21-20-16-11-14(5-7-17(16)36-22(20)21)35-18-9-10-29-23-15(18)6-8-19(33)31-23/h1-5,7,9-11,20-22H,6,8H2,(H,29,31,33)(H2,30,32,34)/t20-,21?,22-/m0/s1. The molecule has 37 heavy (non-hydrogen) atoms. The van der Waals surface area contributed by atoms with Crippen LogP contribution in [0.5, 0.6) is 23.0 Å². The van der Waals surface area contributed by atoms with E-state index in [1.54, 1.807) is 18.3 Å². The molecule has 6 rings (SSSR count). The molecule has 0 radical (unpaired) electrons. The van der Waals surface area contributed by atoms with E-state index in [4.69, 9.17) is 9.47 Å². The third-order valence-corrected chi connectivity index (χ3v) is 6.30. The van der Waals surface area contributed by atoms with Gasteiger partial charge in [0.1, 0.15) is 34.9 Å². The molecule has 2 aliphatic heterocycles. The molecule has 1 fully saturated rings. The number of pyridine rings is 1. The summed E-state index contributed by atoms with van der Waals surface area (Å²) in [6.45, 7) is 0. The smallest absolute Gasteiger partial charge is 0.487 e. The molecule has 12 heteroatoms. The maximum absolute atomic E-state index is 12.4. The van der Waals surface area contributed by atoms with Crippen molar-refractivity contribution in [3.63, 3.8) is 0 Å². The van der Waals surface area contributed by atoms with Crippen LogP contribution in [0.3, 0.4) is 0 Å². The van der Waals surface area contributed by atoms with Crippen molar-refractivity contribution in [2.45, 2.75) is 37.3 Å². The SMILES string of the molecule is O=C1CCc2c(Oc3ccc4c(c3)[C@H]3C(NC(=O)Nc5ccc(OC(F)(F)F)cc5)[C@H]3O4)ccnc2N1. The lowest BCUT2D eigenvalue weighted by Crippen LogP contribution is -2.34. The van der Waals surface area contributed by atoms with E-state index >= 15 is 0 Å². The first-order valence-corrected chi connectivity index (χ1v) is 11.4. The van der Waals surface area contributed by atoms with E-state index in [9.17, 15) is 22.8 Å². The highest BCUT2D eigenvalue weighted by molar-refractivity contribution is 5.93. The molecule has 3 atom stereocenters. The number of hydrogen-bond donors (Lipinski definition) is 3. The Balaban J connectivity index is 1.09. The molecule has 1 saturated carbocycles. The van der Waals surface area contributed by atoms with Crippen LogP contribution in [0.4, 0.5) is 29.5 Å². The zero-order chi connectivity index (χ0) is 25.7. The monoisotopic (exact) mass is 512 g/mol. The van der Waals surface area contributed by atoms with E-state index < -0.39 is 12.4 Å². The first-order valence-electron chi connectivity index (χ1n) is 11.4. The van der Waals surface area contributed by atoms with Crippen molar-refractivity contribution < 1.29 is 37.0 Å². The number of nitrogens with one attached hydrogen (secondary N) is 3. The average molecular weight is 512 g/mol. The van der Waals surface area contributed by atoms with Crippen molar-refractivity contribution in [2.24, 2.45) is 0 Å². The number of rotatable bonds is 5. The Hall–Kier alpha value is -4.48. The lowest BCUT2D eigenvalue weighted by atomic mass is 10.1. The second kappa shape index (κ2) is 8.57. The first-order chi connectivity index (χ1) is 17.7. The third-order valence-electron chi connectivity index (χ3n) is 6.30.